The van der Waals surface area contributed by atoms with Crippen molar-refractivity contribution < 1.29 is 4.79 Å². The number of anilines is 2. The fourth-order valence-electron chi connectivity index (χ4n) is 1.87. The summed E-state index contributed by atoms with van der Waals surface area (Å²) < 4.78 is 0. The highest BCUT2D eigenvalue weighted by Crippen LogP contribution is 2.20. The molecule has 0 bridgehead atoms. The molecule has 5 nitrogen and oxygen atoms in total. The molecule has 1 heterocycles. The smallest absolute Gasteiger partial charge is 0.248 e. The Bertz CT molecular complexity index is 638. The minimum atomic E-state index is -0.348. The molecule has 1 atom stereocenters. The largest absolute Gasteiger partial charge is 0.374 e. The van der Waals surface area contributed by atoms with Crippen LogP contribution in [-0.2, 0) is 11.2 Å². The fourth-order valence-corrected chi connectivity index (χ4v) is 2.55. The predicted molar refractivity (Wildman–Crippen MR) is 86.9 cm³/mol. The van der Waals surface area contributed by atoms with Gasteiger partial charge in [-0.05, 0) is 44.4 Å². The molecule has 2 aromatic rings. The zero-order valence-corrected chi connectivity index (χ0v) is 13.5. The normalized spacial score (nSPS) is 12.0. The molecule has 0 saturated carbocycles. The van der Waals surface area contributed by atoms with Crippen molar-refractivity contribution in [3.05, 3.63) is 34.3 Å². The van der Waals surface area contributed by atoms with Gasteiger partial charge in [-0.2, -0.15) is 0 Å². The van der Waals surface area contributed by atoms with Crippen LogP contribution in [0.3, 0.4) is 0 Å². The lowest BCUT2D eigenvalue weighted by molar-refractivity contribution is -0.116. The Morgan fingerprint density at radius 3 is 2.76 bits per heavy atom. The van der Waals surface area contributed by atoms with Crippen molar-refractivity contribution >= 4 is 28.1 Å². The van der Waals surface area contributed by atoms with Crippen LogP contribution < -0.4 is 10.6 Å². The molecule has 0 saturated heterocycles. The lowest BCUT2D eigenvalue weighted by Crippen LogP contribution is -2.32. The van der Waals surface area contributed by atoms with Crippen molar-refractivity contribution in [2.45, 2.75) is 40.2 Å². The molecule has 2 N–H and O–H groups in total. The van der Waals surface area contributed by atoms with Crippen LogP contribution in [0.15, 0.2) is 18.2 Å². The van der Waals surface area contributed by atoms with E-state index in [1.807, 2.05) is 32.9 Å². The highest BCUT2D eigenvalue weighted by molar-refractivity contribution is 7.15. The summed E-state index contributed by atoms with van der Waals surface area (Å²) in [7, 11) is 0. The third-order valence-electron chi connectivity index (χ3n) is 3.37. The molecular weight excluding hydrogens is 284 g/mol. The average Bonchev–Trinajstić information content (AvgIpc) is 2.91. The van der Waals surface area contributed by atoms with E-state index < -0.39 is 0 Å². The second kappa shape index (κ2) is 6.67. The summed E-state index contributed by atoms with van der Waals surface area (Å²) in [6.07, 6.45) is 0.823. The Kier molecular flexibility index (Phi) is 4.90. The van der Waals surface area contributed by atoms with Crippen molar-refractivity contribution in [3.63, 3.8) is 0 Å². The van der Waals surface area contributed by atoms with Crippen LogP contribution >= 0.6 is 11.3 Å². The van der Waals surface area contributed by atoms with E-state index >= 15 is 0 Å². The van der Waals surface area contributed by atoms with Gasteiger partial charge in [0, 0.05) is 5.69 Å². The first-order valence-electron chi connectivity index (χ1n) is 6.97. The third-order valence-corrected chi connectivity index (χ3v) is 4.35. The van der Waals surface area contributed by atoms with E-state index in [1.165, 1.54) is 16.9 Å². The molecule has 0 spiro atoms. The number of benzene rings is 1. The van der Waals surface area contributed by atoms with Crippen LogP contribution in [-0.4, -0.2) is 22.1 Å². The van der Waals surface area contributed by atoms with Gasteiger partial charge in [-0.3, -0.25) is 10.1 Å². The number of carbonyl (C=O) groups excluding carboxylic acids is 1. The van der Waals surface area contributed by atoms with Gasteiger partial charge in [0.15, 0.2) is 0 Å². The molecule has 1 amide bonds. The Morgan fingerprint density at radius 1 is 1.33 bits per heavy atom. The van der Waals surface area contributed by atoms with E-state index in [1.54, 1.807) is 0 Å². The maximum Gasteiger partial charge on any atom is 0.248 e. The number of hydrogen-bond donors (Lipinski definition) is 2. The van der Waals surface area contributed by atoms with Crippen molar-refractivity contribution in [1.29, 1.82) is 0 Å². The quantitative estimate of drug-likeness (QED) is 0.890. The lowest BCUT2D eigenvalue weighted by atomic mass is 10.1. The van der Waals surface area contributed by atoms with Crippen LogP contribution in [0.5, 0.6) is 0 Å². The molecule has 1 aromatic heterocycles. The van der Waals surface area contributed by atoms with Gasteiger partial charge in [0.25, 0.3) is 0 Å². The Morgan fingerprint density at radius 2 is 2.10 bits per heavy atom. The Balaban J connectivity index is 2.00. The molecule has 112 valence electrons. The lowest BCUT2D eigenvalue weighted by Gasteiger charge is -2.16. The van der Waals surface area contributed by atoms with Gasteiger partial charge >= 0.3 is 0 Å². The second-order valence-corrected chi connectivity index (χ2v) is 6.02. The summed E-state index contributed by atoms with van der Waals surface area (Å²) in [5.41, 5.74) is 3.33. The van der Waals surface area contributed by atoms with Gasteiger partial charge in [-0.1, -0.05) is 30.4 Å². The number of hydrogen-bond acceptors (Lipinski definition) is 5. The zero-order chi connectivity index (χ0) is 15.4. The van der Waals surface area contributed by atoms with Crippen molar-refractivity contribution in [2.24, 2.45) is 0 Å². The summed E-state index contributed by atoms with van der Waals surface area (Å²) in [6.45, 7) is 7.94. The zero-order valence-electron chi connectivity index (χ0n) is 12.7. The van der Waals surface area contributed by atoms with Gasteiger partial charge in [0.05, 0.1) is 0 Å². The van der Waals surface area contributed by atoms with Gasteiger partial charge < -0.3 is 5.32 Å². The predicted octanol–water partition coefficient (Wildman–Crippen LogP) is 3.16. The van der Waals surface area contributed by atoms with Gasteiger partial charge in [0.2, 0.25) is 11.0 Å². The number of nitrogens with one attached hydrogen (secondary N) is 2. The van der Waals surface area contributed by atoms with Crippen LogP contribution in [0.2, 0.25) is 0 Å². The van der Waals surface area contributed by atoms with E-state index in [4.69, 9.17) is 0 Å². The maximum absolute atomic E-state index is 12.2. The number of nitrogens with zero attached hydrogens (tertiary/aromatic N) is 2. The summed E-state index contributed by atoms with van der Waals surface area (Å²) in [4.78, 5) is 12.2. The van der Waals surface area contributed by atoms with Crippen LogP contribution in [0.4, 0.5) is 10.8 Å². The molecule has 0 radical (unpaired) electrons. The summed E-state index contributed by atoms with van der Waals surface area (Å²) in [5, 5.41) is 15.4. The molecule has 0 fully saturated rings. The average molecular weight is 304 g/mol. The van der Waals surface area contributed by atoms with Crippen LogP contribution in [0.1, 0.15) is 30.0 Å². The maximum atomic E-state index is 12.2. The van der Waals surface area contributed by atoms with E-state index in [9.17, 15) is 4.79 Å². The molecule has 0 aliphatic rings. The van der Waals surface area contributed by atoms with Gasteiger partial charge in [-0.15, -0.1) is 10.2 Å². The monoisotopic (exact) mass is 304 g/mol. The first-order valence-corrected chi connectivity index (χ1v) is 7.79. The first kappa shape index (κ1) is 15.4. The molecule has 0 unspecified atom stereocenters. The molecule has 6 heteroatoms. The first-order chi connectivity index (χ1) is 10.0. The topological polar surface area (TPSA) is 66.9 Å². The van der Waals surface area contributed by atoms with E-state index in [0.29, 0.717) is 5.13 Å². The Labute approximate surface area is 128 Å². The Hall–Kier alpha value is -1.95. The van der Waals surface area contributed by atoms with Crippen LogP contribution in [0.25, 0.3) is 0 Å². The van der Waals surface area contributed by atoms with E-state index in [-0.39, 0.29) is 11.9 Å². The van der Waals surface area contributed by atoms with Crippen LogP contribution in [0, 0.1) is 13.8 Å². The minimum Gasteiger partial charge on any atom is -0.374 e. The second-order valence-electron chi connectivity index (χ2n) is 4.96. The standard InChI is InChI=1S/C15H20N4OS/c1-5-13-18-19-15(21-13)17-14(20)11(4)16-12-8-6-7-9(2)10(12)3/h6-8,11,16H,5H2,1-4H3,(H,17,19,20)/t11-/m1/s1. The number of aromatic nitrogens is 2. The number of carbonyl (C=O) groups is 1. The molecule has 0 aliphatic carbocycles. The highest BCUT2D eigenvalue weighted by atomic mass is 32.1. The highest BCUT2D eigenvalue weighted by Gasteiger charge is 2.16. The van der Waals surface area contributed by atoms with Crippen molar-refractivity contribution in [2.75, 3.05) is 10.6 Å². The summed E-state index contributed by atoms with van der Waals surface area (Å²) >= 11 is 1.41. The van der Waals surface area contributed by atoms with E-state index in [0.717, 1.165) is 22.7 Å². The van der Waals surface area contributed by atoms with E-state index in [2.05, 4.69) is 33.8 Å². The summed E-state index contributed by atoms with van der Waals surface area (Å²) in [5.74, 6) is -0.116. The van der Waals surface area contributed by atoms with Crippen molar-refractivity contribution in [1.82, 2.24) is 10.2 Å². The number of aryl methyl sites for hydroxylation is 2. The van der Waals surface area contributed by atoms with Crippen molar-refractivity contribution in [3.8, 4) is 0 Å². The molecule has 0 aliphatic heterocycles. The SMILES string of the molecule is CCc1nnc(NC(=O)[C@@H](C)Nc2cccc(C)c2C)s1. The molecule has 2 rings (SSSR count). The fraction of sp³-hybridized carbons (Fsp3) is 0.400. The summed E-state index contributed by atoms with van der Waals surface area (Å²) in [6, 6.07) is 5.66. The molecule has 1 aromatic carbocycles. The molecular formula is C15H20N4OS. The number of rotatable bonds is 5. The minimum absolute atomic E-state index is 0.116. The number of amides is 1. The van der Waals surface area contributed by atoms with Gasteiger partial charge in [0.1, 0.15) is 11.0 Å². The van der Waals surface area contributed by atoms with Gasteiger partial charge in [-0.25, -0.2) is 0 Å². The third kappa shape index (κ3) is 3.78. The molecule has 21 heavy (non-hydrogen) atoms.